The third-order valence-corrected chi connectivity index (χ3v) is 8.88. The van der Waals surface area contributed by atoms with Gasteiger partial charge in [0, 0.05) is 11.8 Å². The first kappa shape index (κ1) is 15.2. The zero-order valence-corrected chi connectivity index (χ0v) is 14.0. The van der Waals surface area contributed by atoms with Crippen LogP contribution in [0, 0.1) is 0 Å². The maximum atomic E-state index is 11.2. The fourth-order valence-electron chi connectivity index (χ4n) is 1.57. The van der Waals surface area contributed by atoms with E-state index in [9.17, 15) is 4.79 Å². The van der Waals surface area contributed by atoms with E-state index < -0.39 is 8.32 Å². The number of hydrogen-bond donors (Lipinski definition) is 0. The summed E-state index contributed by atoms with van der Waals surface area (Å²) < 4.78 is 11.6. The van der Waals surface area contributed by atoms with E-state index in [0.717, 1.165) is 11.8 Å². The molecule has 0 saturated carbocycles. The Bertz CT molecular complexity index is 286. The van der Waals surface area contributed by atoms with Crippen LogP contribution in [-0.4, -0.2) is 31.8 Å². The summed E-state index contributed by atoms with van der Waals surface area (Å²) in [5.41, 5.74) is 0. The zero-order valence-electron chi connectivity index (χ0n) is 11.4. The summed E-state index contributed by atoms with van der Waals surface area (Å²) in [5.74, 6) is -0.0974. The van der Waals surface area contributed by atoms with Crippen molar-refractivity contribution in [1.29, 1.82) is 0 Å². The van der Waals surface area contributed by atoms with Crippen molar-refractivity contribution in [2.75, 3.05) is 5.33 Å². The Morgan fingerprint density at radius 1 is 1.53 bits per heavy atom. The van der Waals surface area contributed by atoms with E-state index in [0.29, 0.717) is 6.42 Å². The van der Waals surface area contributed by atoms with Gasteiger partial charge in [0.1, 0.15) is 6.10 Å². The van der Waals surface area contributed by atoms with Gasteiger partial charge in [0.25, 0.3) is 0 Å². The lowest BCUT2D eigenvalue weighted by atomic mass is 10.2. The minimum atomic E-state index is -1.80. The molecule has 1 rings (SSSR count). The number of carbonyl (C=O) groups is 1. The van der Waals surface area contributed by atoms with Gasteiger partial charge < -0.3 is 9.16 Å². The second kappa shape index (κ2) is 5.41. The highest BCUT2D eigenvalue weighted by atomic mass is 79.9. The Morgan fingerprint density at radius 2 is 2.12 bits per heavy atom. The van der Waals surface area contributed by atoms with Gasteiger partial charge in [-0.15, -0.1) is 0 Å². The average molecular weight is 323 g/mol. The second-order valence-corrected chi connectivity index (χ2v) is 11.5. The number of ether oxygens (including phenoxy) is 1. The standard InChI is InChI=1S/C12H23BrO3Si/c1-12(2,3)17(4,5)16-10(8-13)9-6-7-11(14)15-9/h9-10H,6-8H2,1-5H3. The maximum Gasteiger partial charge on any atom is 0.306 e. The molecule has 1 heterocycles. The molecule has 0 aromatic heterocycles. The number of rotatable bonds is 4. The topological polar surface area (TPSA) is 35.5 Å². The molecule has 1 fully saturated rings. The van der Waals surface area contributed by atoms with Gasteiger partial charge in [-0.2, -0.15) is 0 Å². The fourth-order valence-corrected chi connectivity index (χ4v) is 3.71. The summed E-state index contributed by atoms with van der Waals surface area (Å²) in [6, 6.07) is 0. The van der Waals surface area contributed by atoms with Gasteiger partial charge in [-0.05, 0) is 24.6 Å². The lowest BCUT2D eigenvalue weighted by Crippen LogP contribution is -2.47. The molecule has 0 radical (unpaired) electrons. The third-order valence-electron chi connectivity index (χ3n) is 3.73. The summed E-state index contributed by atoms with van der Waals surface area (Å²) in [5, 5.41) is 0.896. The normalized spacial score (nSPS) is 23.6. The molecular formula is C12H23BrO3Si. The third kappa shape index (κ3) is 3.79. The highest BCUT2D eigenvalue weighted by Crippen LogP contribution is 2.38. The van der Waals surface area contributed by atoms with Crippen molar-refractivity contribution in [3.63, 3.8) is 0 Å². The average Bonchev–Trinajstić information content (AvgIpc) is 2.59. The SMILES string of the molecule is CC(C)(C)[Si](C)(C)OC(CBr)C1CCC(=O)O1. The Morgan fingerprint density at radius 3 is 2.47 bits per heavy atom. The molecule has 2 unspecified atom stereocenters. The van der Waals surface area contributed by atoms with Crippen LogP contribution in [0.4, 0.5) is 0 Å². The van der Waals surface area contributed by atoms with Crippen molar-refractivity contribution in [3.05, 3.63) is 0 Å². The summed E-state index contributed by atoms with van der Waals surface area (Å²) in [6.45, 7) is 11.1. The molecule has 0 aliphatic carbocycles. The summed E-state index contributed by atoms with van der Waals surface area (Å²) in [6.07, 6.45) is 1.22. The molecule has 2 atom stereocenters. The van der Waals surface area contributed by atoms with Gasteiger partial charge in [-0.25, -0.2) is 0 Å². The number of hydrogen-bond acceptors (Lipinski definition) is 3. The molecule has 1 aliphatic rings. The van der Waals surface area contributed by atoms with Crippen LogP contribution < -0.4 is 0 Å². The van der Waals surface area contributed by atoms with Crippen molar-refractivity contribution < 1.29 is 14.0 Å². The quantitative estimate of drug-likeness (QED) is 0.451. The molecule has 0 bridgehead atoms. The molecule has 5 heteroatoms. The van der Waals surface area contributed by atoms with Crippen LogP contribution >= 0.6 is 15.9 Å². The highest BCUT2D eigenvalue weighted by Gasteiger charge is 2.42. The van der Waals surface area contributed by atoms with E-state index in [-0.39, 0.29) is 23.2 Å². The van der Waals surface area contributed by atoms with Crippen molar-refractivity contribution in [3.8, 4) is 0 Å². The van der Waals surface area contributed by atoms with Crippen molar-refractivity contribution in [2.45, 2.75) is 64.0 Å². The van der Waals surface area contributed by atoms with E-state index in [1.807, 2.05) is 0 Å². The lowest BCUT2D eigenvalue weighted by Gasteiger charge is -2.40. The predicted molar refractivity (Wildman–Crippen MR) is 75.0 cm³/mol. The first-order valence-corrected chi connectivity index (χ1v) is 10.1. The number of halogens is 1. The van der Waals surface area contributed by atoms with E-state index in [2.05, 4.69) is 49.8 Å². The van der Waals surface area contributed by atoms with Crippen molar-refractivity contribution >= 4 is 30.2 Å². The van der Waals surface area contributed by atoms with Crippen LogP contribution in [0.3, 0.4) is 0 Å². The van der Waals surface area contributed by atoms with Crippen LogP contribution in [0.1, 0.15) is 33.6 Å². The minimum Gasteiger partial charge on any atom is -0.460 e. The second-order valence-electron chi connectivity index (χ2n) is 6.14. The first-order chi connectivity index (χ1) is 7.67. The van der Waals surface area contributed by atoms with Crippen LogP contribution in [0.2, 0.25) is 18.1 Å². The molecule has 17 heavy (non-hydrogen) atoms. The van der Waals surface area contributed by atoms with Gasteiger partial charge in [0.2, 0.25) is 0 Å². The summed E-state index contributed by atoms with van der Waals surface area (Å²) in [4.78, 5) is 11.2. The monoisotopic (exact) mass is 322 g/mol. The van der Waals surface area contributed by atoms with Gasteiger partial charge in [-0.1, -0.05) is 36.7 Å². The minimum absolute atomic E-state index is 0.0117. The van der Waals surface area contributed by atoms with Gasteiger partial charge in [0.15, 0.2) is 8.32 Å². The Hall–Kier alpha value is 0.127. The summed E-state index contributed by atoms with van der Waals surface area (Å²) in [7, 11) is -1.80. The number of esters is 1. The van der Waals surface area contributed by atoms with Gasteiger partial charge >= 0.3 is 5.97 Å². The Labute approximate surface area is 114 Å². The molecule has 100 valence electrons. The van der Waals surface area contributed by atoms with Crippen LogP contribution in [0.5, 0.6) is 0 Å². The number of cyclic esters (lactones) is 1. The molecule has 1 saturated heterocycles. The van der Waals surface area contributed by atoms with Gasteiger partial charge in [-0.3, -0.25) is 4.79 Å². The number of alkyl halides is 1. The van der Waals surface area contributed by atoms with E-state index in [4.69, 9.17) is 9.16 Å². The Kier molecular flexibility index (Phi) is 4.83. The molecule has 3 nitrogen and oxygen atoms in total. The largest absolute Gasteiger partial charge is 0.460 e. The van der Waals surface area contributed by atoms with E-state index in [1.54, 1.807) is 0 Å². The van der Waals surface area contributed by atoms with E-state index in [1.165, 1.54) is 0 Å². The smallest absolute Gasteiger partial charge is 0.306 e. The molecule has 0 spiro atoms. The molecule has 1 aliphatic heterocycles. The van der Waals surface area contributed by atoms with Gasteiger partial charge in [0.05, 0.1) is 6.10 Å². The Balaban J connectivity index is 2.67. The molecule has 0 N–H and O–H groups in total. The highest BCUT2D eigenvalue weighted by molar-refractivity contribution is 9.09. The van der Waals surface area contributed by atoms with Crippen molar-refractivity contribution in [1.82, 2.24) is 0 Å². The van der Waals surface area contributed by atoms with Crippen LogP contribution in [0.25, 0.3) is 0 Å². The molecule has 0 aromatic carbocycles. The van der Waals surface area contributed by atoms with Crippen LogP contribution in [-0.2, 0) is 14.0 Å². The zero-order chi connectivity index (χ0) is 13.3. The maximum absolute atomic E-state index is 11.2. The molecule has 0 aromatic rings. The van der Waals surface area contributed by atoms with Crippen LogP contribution in [0.15, 0.2) is 0 Å². The number of carbonyl (C=O) groups excluding carboxylic acids is 1. The first-order valence-electron chi connectivity index (χ1n) is 6.10. The van der Waals surface area contributed by atoms with Crippen molar-refractivity contribution in [2.24, 2.45) is 0 Å². The lowest BCUT2D eigenvalue weighted by molar-refractivity contribution is -0.144. The fraction of sp³-hybridized carbons (Fsp3) is 0.917. The molecular weight excluding hydrogens is 300 g/mol. The van der Waals surface area contributed by atoms with E-state index >= 15 is 0 Å². The summed E-state index contributed by atoms with van der Waals surface area (Å²) >= 11 is 3.47. The predicted octanol–water partition coefficient (Wildman–Crippen LogP) is 3.48. The molecule has 0 amide bonds.